The lowest BCUT2D eigenvalue weighted by Crippen LogP contribution is -2.21. The molecule has 0 fully saturated rings. The molecule has 0 aliphatic rings. The average Bonchev–Trinajstić information content (AvgIpc) is 3.05. The molecule has 2 N–H and O–H groups in total. The summed E-state index contributed by atoms with van der Waals surface area (Å²) in [5, 5.41) is 13.1. The van der Waals surface area contributed by atoms with Crippen LogP contribution in [0.4, 0.5) is 15.8 Å². The van der Waals surface area contributed by atoms with E-state index in [1.807, 2.05) is 24.5 Å². The number of carbonyl (C=O) groups excluding carboxylic acids is 2. The predicted octanol–water partition coefficient (Wildman–Crippen LogP) is 3.65. The van der Waals surface area contributed by atoms with Gasteiger partial charge in [0.25, 0.3) is 5.91 Å². The van der Waals surface area contributed by atoms with E-state index in [2.05, 4.69) is 20.9 Å². The van der Waals surface area contributed by atoms with Gasteiger partial charge in [0.1, 0.15) is 12.4 Å². The first kappa shape index (κ1) is 20.5. The smallest absolute Gasteiger partial charge is 0.278 e. The molecule has 0 saturated heterocycles. The molecule has 1 heterocycles. The summed E-state index contributed by atoms with van der Waals surface area (Å²) in [4.78, 5) is 25.8. The van der Waals surface area contributed by atoms with Crippen LogP contribution in [0.5, 0.6) is 0 Å². The molecule has 9 heteroatoms. The second-order valence-electron chi connectivity index (χ2n) is 6.38. The van der Waals surface area contributed by atoms with Crippen molar-refractivity contribution in [3.63, 3.8) is 0 Å². The summed E-state index contributed by atoms with van der Waals surface area (Å²) in [6, 6.07) is 11.9. The van der Waals surface area contributed by atoms with Gasteiger partial charge in [0, 0.05) is 16.3 Å². The van der Waals surface area contributed by atoms with Crippen LogP contribution in [-0.4, -0.2) is 33.1 Å². The van der Waals surface area contributed by atoms with E-state index in [1.165, 1.54) is 10.7 Å². The number of rotatable bonds is 6. The van der Waals surface area contributed by atoms with Crippen molar-refractivity contribution in [2.45, 2.75) is 25.3 Å². The first-order valence-corrected chi connectivity index (χ1v) is 10.0. The van der Waals surface area contributed by atoms with E-state index in [0.29, 0.717) is 22.6 Å². The molecule has 7 nitrogen and oxygen atoms in total. The van der Waals surface area contributed by atoms with Gasteiger partial charge >= 0.3 is 0 Å². The quantitative estimate of drug-likeness (QED) is 0.602. The zero-order valence-electron chi connectivity index (χ0n) is 16.2. The van der Waals surface area contributed by atoms with E-state index >= 15 is 0 Å². The largest absolute Gasteiger partial charge is 0.324 e. The number of aryl methyl sites for hydroxylation is 1. The molecule has 0 aliphatic carbocycles. The van der Waals surface area contributed by atoms with Crippen molar-refractivity contribution in [2.75, 3.05) is 16.9 Å². The standard InChI is InChI=1S/C20H20FN5O2S/c1-12-7-8-15(10-17(12)21)23-20(28)19-13(2)26(25-24-19)11-18(27)22-14-5-4-6-16(9-14)29-3/h4-10H,11H2,1-3H3,(H,22,27)(H,23,28). The van der Waals surface area contributed by atoms with E-state index in [9.17, 15) is 14.0 Å². The van der Waals surface area contributed by atoms with Gasteiger partial charge in [0.15, 0.2) is 5.69 Å². The minimum atomic E-state index is -0.523. The Kier molecular flexibility index (Phi) is 6.28. The summed E-state index contributed by atoms with van der Waals surface area (Å²) in [6.07, 6.45) is 1.96. The fourth-order valence-electron chi connectivity index (χ4n) is 2.62. The number of carbonyl (C=O) groups is 2. The predicted molar refractivity (Wildman–Crippen MR) is 111 cm³/mol. The number of hydrogen-bond acceptors (Lipinski definition) is 5. The molecule has 1 aromatic heterocycles. The summed E-state index contributed by atoms with van der Waals surface area (Å²) < 4.78 is 15.0. The number of halogens is 1. The third-order valence-electron chi connectivity index (χ3n) is 4.27. The molecule has 0 atom stereocenters. The van der Waals surface area contributed by atoms with Crippen LogP contribution in [-0.2, 0) is 11.3 Å². The molecule has 3 rings (SSSR count). The van der Waals surface area contributed by atoms with Gasteiger partial charge in [-0.05, 0) is 56.0 Å². The maximum atomic E-state index is 13.7. The topological polar surface area (TPSA) is 88.9 Å². The number of anilines is 2. The van der Waals surface area contributed by atoms with Crippen molar-refractivity contribution in [2.24, 2.45) is 0 Å². The highest BCUT2D eigenvalue weighted by Crippen LogP contribution is 2.19. The van der Waals surface area contributed by atoms with E-state index < -0.39 is 11.7 Å². The van der Waals surface area contributed by atoms with Crippen molar-refractivity contribution in [1.29, 1.82) is 0 Å². The van der Waals surface area contributed by atoms with Crippen LogP contribution in [0.25, 0.3) is 0 Å². The first-order chi connectivity index (χ1) is 13.9. The molecular formula is C20H20FN5O2S. The Morgan fingerprint density at radius 3 is 2.59 bits per heavy atom. The molecule has 2 amide bonds. The van der Waals surface area contributed by atoms with Crippen molar-refractivity contribution in [1.82, 2.24) is 15.0 Å². The van der Waals surface area contributed by atoms with Gasteiger partial charge in [-0.15, -0.1) is 16.9 Å². The average molecular weight is 413 g/mol. The number of amides is 2. The summed E-state index contributed by atoms with van der Waals surface area (Å²) >= 11 is 1.58. The lowest BCUT2D eigenvalue weighted by molar-refractivity contribution is -0.117. The fraction of sp³-hybridized carbons (Fsp3) is 0.200. The number of benzene rings is 2. The zero-order valence-corrected chi connectivity index (χ0v) is 17.0. The number of hydrogen-bond donors (Lipinski definition) is 2. The van der Waals surface area contributed by atoms with Gasteiger partial charge in [-0.3, -0.25) is 9.59 Å². The summed E-state index contributed by atoms with van der Waals surface area (Å²) in [7, 11) is 0. The Morgan fingerprint density at radius 2 is 1.86 bits per heavy atom. The summed E-state index contributed by atoms with van der Waals surface area (Å²) in [5.41, 5.74) is 1.99. The second kappa shape index (κ2) is 8.87. The Balaban J connectivity index is 1.67. The molecule has 2 aromatic carbocycles. The molecule has 0 saturated carbocycles. The zero-order chi connectivity index (χ0) is 21.0. The Bertz CT molecular complexity index is 1070. The van der Waals surface area contributed by atoms with Crippen LogP contribution in [0, 0.1) is 19.7 Å². The Labute approximate surface area is 171 Å². The van der Waals surface area contributed by atoms with Crippen LogP contribution in [0.15, 0.2) is 47.4 Å². The molecular weight excluding hydrogens is 393 g/mol. The van der Waals surface area contributed by atoms with Gasteiger partial charge in [-0.2, -0.15) is 0 Å². The Hall–Kier alpha value is -3.20. The third kappa shape index (κ3) is 5.00. The van der Waals surface area contributed by atoms with Crippen LogP contribution in [0.1, 0.15) is 21.7 Å². The molecule has 0 aliphatic heterocycles. The molecule has 0 spiro atoms. The molecule has 0 unspecified atom stereocenters. The maximum Gasteiger partial charge on any atom is 0.278 e. The van der Waals surface area contributed by atoms with Crippen LogP contribution < -0.4 is 10.6 Å². The van der Waals surface area contributed by atoms with Gasteiger partial charge in [0.2, 0.25) is 5.91 Å². The number of nitrogens with zero attached hydrogens (tertiary/aromatic N) is 3. The number of thioether (sulfide) groups is 1. The van der Waals surface area contributed by atoms with Crippen LogP contribution >= 0.6 is 11.8 Å². The first-order valence-electron chi connectivity index (χ1n) is 8.79. The normalized spacial score (nSPS) is 10.6. The van der Waals surface area contributed by atoms with Crippen LogP contribution in [0.2, 0.25) is 0 Å². The summed E-state index contributed by atoms with van der Waals surface area (Å²) in [6.45, 7) is 3.19. The van der Waals surface area contributed by atoms with Gasteiger partial charge in [-0.1, -0.05) is 17.3 Å². The monoisotopic (exact) mass is 413 g/mol. The highest BCUT2D eigenvalue weighted by atomic mass is 32.2. The highest BCUT2D eigenvalue weighted by Gasteiger charge is 2.18. The minimum absolute atomic E-state index is 0.0724. The lowest BCUT2D eigenvalue weighted by Gasteiger charge is -2.08. The lowest BCUT2D eigenvalue weighted by atomic mass is 10.2. The highest BCUT2D eigenvalue weighted by molar-refractivity contribution is 7.98. The van der Waals surface area contributed by atoms with E-state index in [1.54, 1.807) is 43.8 Å². The second-order valence-corrected chi connectivity index (χ2v) is 7.26. The summed E-state index contributed by atoms with van der Waals surface area (Å²) in [5.74, 6) is -1.22. The SMILES string of the molecule is CSc1cccc(NC(=O)Cn2nnc(C(=O)Nc3ccc(C)c(F)c3)c2C)c1. The van der Waals surface area contributed by atoms with Crippen molar-refractivity contribution in [3.8, 4) is 0 Å². The maximum absolute atomic E-state index is 13.7. The number of nitrogens with one attached hydrogen (secondary N) is 2. The van der Waals surface area contributed by atoms with Gasteiger partial charge in [-0.25, -0.2) is 9.07 Å². The number of aromatic nitrogens is 3. The van der Waals surface area contributed by atoms with E-state index in [4.69, 9.17) is 0 Å². The molecule has 150 valence electrons. The Morgan fingerprint density at radius 1 is 1.10 bits per heavy atom. The van der Waals surface area contributed by atoms with Crippen molar-refractivity contribution >= 4 is 35.0 Å². The third-order valence-corrected chi connectivity index (χ3v) is 5.00. The van der Waals surface area contributed by atoms with Gasteiger partial charge in [0.05, 0.1) is 5.69 Å². The molecule has 29 heavy (non-hydrogen) atoms. The van der Waals surface area contributed by atoms with Crippen molar-refractivity contribution < 1.29 is 14.0 Å². The molecule has 0 bridgehead atoms. The molecule has 3 aromatic rings. The fourth-order valence-corrected chi connectivity index (χ4v) is 3.08. The van der Waals surface area contributed by atoms with Crippen molar-refractivity contribution in [3.05, 3.63) is 65.2 Å². The van der Waals surface area contributed by atoms with Crippen LogP contribution in [0.3, 0.4) is 0 Å². The van der Waals surface area contributed by atoms with Gasteiger partial charge < -0.3 is 10.6 Å². The van der Waals surface area contributed by atoms with E-state index in [-0.39, 0.29) is 18.1 Å². The van der Waals surface area contributed by atoms with E-state index in [0.717, 1.165) is 4.90 Å². The molecule has 0 radical (unpaired) electrons. The minimum Gasteiger partial charge on any atom is -0.324 e.